The van der Waals surface area contributed by atoms with Crippen LogP contribution < -0.4 is 5.32 Å². The summed E-state index contributed by atoms with van der Waals surface area (Å²) in [5.74, 6) is -0.909. The van der Waals surface area contributed by atoms with Gasteiger partial charge in [-0.3, -0.25) is 0 Å². The standard InChI is InChI=1S/C15H14BrNO2/c1-10-5-4-6-11(9-10)17-14(15(18)19)12-7-2-3-8-13(12)16/h2-9,14,17H,1H3,(H,18,19). The van der Waals surface area contributed by atoms with Crippen molar-refractivity contribution in [2.45, 2.75) is 13.0 Å². The normalized spacial score (nSPS) is 11.9. The molecule has 2 N–H and O–H groups in total. The molecule has 0 aliphatic carbocycles. The Morgan fingerprint density at radius 1 is 1.21 bits per heavy atom. The Balaban J connectivity index is 2.32. The molecule has 0 spiro atoms. The van der Waals surface area contributed by atoms with Crippen LogP contribution in [0, 0.1) is 6.92 Å². The molecule has 0 saturated heterocycles. The molecule has 0 saturated carbocycles. The topological polar surface area (TPSA) is 49.3 Å². The predicted octanol–water partition coefficient (Wildman–Crippen LogP) is 4.00. The highest BCUT2D eigenvalue weighted by Gasteiger charge is 2.21. The Labute approximate surface area is 120 Å². The van der Waals surface area contributed by atoms with Crippen LogP contribution >= 0.6 is 15.9 Å². The molecule has 0 bridgehead atoms. The molecule has 2 aromatic rings. The summed E-state index contributed by atoms with van der Waals surface area (Å²) in [7, 11) is 0. The average Bonchev–Trinajstić information content (AvgIpc) is 2.37. The summed E-state index contributed by atoms with van der Waals surface area (Å²) in [5, 5.41) is 12.4. The van der Waals surface area contributed by atoms with Gasteiger partial charge in [0.1, 0.15) is 0 Å². The second-order valence-electron chi connectivity index (χ2n) is 4.31. The number of carboxylic acids is 1. The van der Waals surface area contributed by atoms with Gasteiger partial charge in [-0.2, -0.15) is 0 Å². The van der Waals surface area contributed by atoms with Crippen molar-refractivity contribution in [2.24, 2.45) is 0 Å². The molecule has 2 rings (SSSR count). The number of anilines is 1. The van der Waals surface area contributed by atoms with Crippen molar-refractivity contribution in [1.82, 2.24) is 0 Å². The van der Waals surface area contributed by atoms with Gasteiger partial charge in [-0.05, 0) is 36.2 Å². The molecule has 0 aliphatic rings. The molecule has 1 atom stereocenters. The number of aryl methyl sites for hydroxylation is 1. The third-order valence-corrected chi connectivity index (χ3v) is 3.51. The summed E-state index contributed by atoms with van der Waals surface area (Å²) < 4.78 is 0.780. The first kappa shape index (κ1) is 13.6. The van der Waals surface area contributed by atoms with Crippen LogP contribution in [0.4, 0.5) is 5.69 Å². The predicted molar refractivity (Wildman–Crippen MR) is 79.3 cm³/mol. The van der Waals surface area contributed by atoms with Gasteiger partial charge in [-0.15, -0.1) is 0 Å². The van der Waals surface area contributed by atoms with Crippen molar-refractivity contribution >= 4 is 27.6 Å². The Morgan fingerprint density at radius 2 is 1.95 bits per heavy atom. The van der Waals surface area contributed by atoms with Gasteiger partial charge in [-0.1, -0.05) is 46.3 Å². The molecule has 3 nitrogen and oxygen atoms in total. The molecular weight excluding hydrogens is 306 g/mol. The molecule has 0 amide bonds. The summed E-state index contributed by atoms with van der Waals surface area (Å²) >= 11 is 3.39. The van der Waals surface area contributed by atoms with Crippen molar-refractivity contribution in [1.29, 1.82) is 0 Å². The fraction of sp³-hybridized carbons (Fsp3) is 0.133. The Bertz CT molecular complexity index is 598. The number of hydrogen-bond donors (Lipinski definition) is 2. The molecule has 2 aromatic carbocycles. The van der Waals surface area contributed by atoms with Crippen LogP contribution in [-0.4, -0.2) is 11.1 Å². The first-order valence-corrected chi connectivity index (χ1v) is 6.67. The van der Waals surface area contributed by atoms with E-state index in [4.69, 9.17) is 0 Å². The summed E-state index contributed by atoms with van der Waals surface area (Å²) in [6, 6.07) is 14.2. The van der Waals surface area contributed by atoms with E-state index < -0.39 is 12.0 Å². The lowest BCUT2D eigenvalue weighted by molar-refractivity contribution is -0.138. The fourth-order valence-electron chi connectivity index (χ4n) is 1.88. The lowest BCUT2D eigenvalue weighted by Gasteiger charge is -2.17. The number of halogens is 1. The molecule has 1 unspecified atom stereocenters. The first-order valence-electron chi connectivity index (χ1n) is 5.88. The SMILES string of the molecule is Cc1cccc(NC(C(=O)O)c2ccccc2Br)c1. The van der Waals surface area contributed by atoms with Gasteiger partial charge >= 0.3 is 5.97 Å². The highest BCUT2D eigenvalue weighted by atomic mass is 79.9. The minimum Gasteiger partial charge on any atom is -0.479 e. The third-order valence-electron chi connectivity index (χ3n) is 2.79. The summed E-state index contributed by atoms with van der Waals surface area (Å²) in [6.07, 6.45) is 0. The maximum absolute atomic E-state index is 11.5. The first-order chi connectivity index (χ1) is 9.08. The van der Waals surface area contributed by atoms with E-state index in [1.165, 1.54) is 0 Å². The average molecular weight is 320 g/mol. The molecule has 98 valence electrons. The number of aliphatic carboxylic acids is 1. The van der Waals surface area contributed by atoms with Gasteiger partial charge in [0.2, 0.25) is 0 Å². The fourth-order valence-corrected chi connectivity index (χ4v) is 2.40. The Morgan fingerprint density at radius 3 is 2.58 bits per heavy atom. The molecule has 0 radical (unpaired) electrons. The maximum Gasteiger partial charge on any atom is 0.330 e. The van der Waals surface area contributed by atoms with E-state index in [0.29, 0.717) is 5.56 Å². The van der Waals surface area contributed by atoms with Crippen LogP contribution in [0.5, 0.6) is 0 Å². The zero-order valence-corrected chi connectivity index (χ0v) is 12.0. The monoisotopic (exact) mass is 319 g/mol. The second-order valence-corrected chi connectivity index (χ2v) is 5.16. The van der Waals surface area contributed by atoms with E-state index in [1.807, 2.05) is 49.4 Å². The number of hydrogen-bond acceptors (Lipinski definition) is 2. The van der Waals surface area contributed by atoms with Crippen molar-refractivity contribution in [2.75, 3.05) is 5.32 Å². The van der Waals surface area contributed by atoms with Gasteiger partial charge in [-0.25, -0.2) is 4.79 Å². The third kappa shape index (κ3) is 3.35. The van der Waals surface area contributed by atoms with Crippen LogP contribution in [0.25, 0.3) is 0 Å². The Kier molecular flexibility index (Phi) is 4.22. The second kappa shape index (κ2) is 5.89. The van der Waals surface area contributed by atoms with Crippen LogP contribution in [0.2, 0.25) is 0 Å². The quantitative estimate of drug-likeness (QED) is 0.895. The van der Waals surface area contributed by atoms with E-state index in [2.05, 4.69) is 21.2 Å². The van der Waals surface area contributed by atoms with Gasteiger partial charge in [0.15, 0.2) is 6.04 Å². The van der Waals surface area contributed by atoms with E-state index in [9.17, 15) is 9.90 Å². The number of benzene rings is 2. The number of rotatable bonds is 4. The van der Waals surface area contributed by atoms with Crippen molar-refractivity contribution in [3.63, 3.8) is 0 Å². The Hall–Kier alpha value is -1.81. The zero-order valence-electron chi connectivity index (χ0n) is 10.4. The van der Waals surface area contributed by atoms with Crippen LogP contribution in [-0.2, 0) is 4.79 Å². The lowest BCUT2D eigenvalue weighted by atomic mass is 10.1. The molecule has 0 aromatic heterocycles. The van der Waals surface area contributed by atoms with Crippen LogP contribution in [0.15, 0.2) is 53.0 Å². The van der Waals surface area contributed by atoms with E-state index in [1.54, 1.807) is 6.07 Å². The van der Waals surface area contributed by atoms with Gasteiger partial charge < -0.3 is 10.4 Å². The minimum absolute atomic E-state index is 0.705. The van der Waals surface area contributed by atoms with Gasteiger partial charge in [0.25, 0.3) is 0 Å². The van der Waals surface area contributed by atoms with Crippen molar-refractivity contribution in [3.8, 4) is 0 Å². The highest BCUT2D eigenvalue weighted by Crippen LogP contribution is 2.26. The summed E-state index contributed by atoms with van der Waals surface area (Å²) in [6.45, 7) is 1.97. The summed E-state index contributed by atoms with van der Waals surface area (Å²) in [5.41, 5.74) is 2.58. The van der Waals surface area contributed by atoms with E-state index in [0.717, 1.165) is 15.7 Å². The van der Waals surface area contributed by atoms with Gasteiger partial charge in [0.05, 0.1) is 0 Å². The molecule has 4 heteroatoms. The number of carbonyl (C=O) groups is 1. The molecule has 0 aliphatic heterocycles. The van der Waals surface area contributed by atoms with Crippen molar-refractivity contribution < 1.29 is 9.90 Å². The molecular formula is C15H14BrNO2. The van der Waals surface area contributed by atoms with Crippen molar-refractivity contribution in [3.05, 3.63) is 64.1 Å². The van der Waals surface area contributed by atoms with E-state index >= 15 is 0 Å². The largest absolute Gasteiger partial charge is 0.479 e. The van der Waals surface area contributed by atoms with Crippen LogP contribution in [0.3, 0.4) is 0 Å². The lowest BCUT2D eigenvalue weighted by Crippen LogP contribution is -2.20. The minimum atomic E-state index is -0.909. The molecule has 0 fully saturated rings. The van der Waals surface area contributed by atoms with Gasteiger partial charge in [0, 0.05) is 10.2 Å². The molecule has 0 heterocycles. The summed E-state index contributed by atoms with van der Waals surface area (Å²) in [4.78, 5) is 11.5. The zero-order chi connectivity index (χ0) is 13.8. The highest BCUT2D eigenvalue weighted by molar-refractivity contribution is 9.10. The maximum atomic E-state index is 11.5. The number of carboxylic acid groups (broad SMARTS) is 1. The van der Waals surface area contributed by atoms with Crippen LogP contribution in [0.1, 0.15) is 17.2 Å². The van der Waals surface area contributed by atoms with E-state index in [-0.39, 0.29) is 0 Å². The number of nitrogens with one attached hydrogen (secondary N) is 1. The molecule has 19 heavy (non-hydrogen) atoms. The smallest absolute Gasteiger partial charge is 0.330 e.